The third-order valence-corrected chi connectivity index (χ3v) is 3.09. The smallest absolute Gasteiger partial charge is 0.0682 e. The van der Waals surface area contributed by atoms with Crippen LogP contribution < -0.4 is 5.32 Å². The Morgan fingerprint density at radius 3 is 2.59 bits per heavy atom. The molecular formula is C14H19N3. The predicted octanol–water partition coefficient (Wildman–Crippen LogP) is 2.62. The van der Waals surface area contributed by atoms with Crippen LogP contribution in [0.4, 0.5) is 0 Å². The van der Waals surface area contributed by atoms with Gasteiger partial charge in [-0.1, -0.05) is 30.3 Å². The van der Waals surface area contributed by atoms with Crippen molar-refractivity contribution in [1.29, 1.82) is 0 Å². The van der Waals surface area contributed by atoms with Gasteiger partial charge in [0.1, 0.15) is 0 Å². The van der Waals surface area contributed by atoms with Gasteiger partial charge in [0.25, 0.3) is 0 Å². The molecule has 1 heterocycles. The van der Waals surface area contributed by atoms with Crippen LogP contribution in [0.3, 0.4) is 0 Å². The normalized spacial score (nSPS) is 11.7. The lowest BCUT2D eigenvalue weighted by molar-refractivity contribution is 0.422. The van der Waals surface area contributed by atoms with Crippen LogP contribution in [0.5, 0.6) is 0 Å². The van der Waals surface area contributed by atoms with E-state index in [-0.39, 0.29) is 5.54 Å². The summed E-state index contributed by atoms with van der Waals surface area (Å²) in [5.74, 6) is 0. The molecule has 0 atom stereocenters. The lowest BCUT2D eigenvalue weighted by atomic mass is 9.94. The van der Waals surface area contributed by atoms with Gasteiger partial charge in [-0.05, 0) is 38.4 Å². The van der Waals surface area contributed by atoms with Crippen molar-refractivity contribution < 1.29 is 0 Å². The molecule has 2 rings (SSSR count). The van der Waals surface area contributed by atoms with Gasteiger partial charge in [0.15, 0.2) is 0 Å². The molecule has 2 aromatic rings. The second-order valence-corrected chi connectivity index (χ2v) is 4.95. The highest BCUT2D eigenvalue weighted by atomic mass is 15.1. The van der Waals surface area contributed by atoms with Gasteiger partial charge in [-0.15, -0.1) is 0 Å². The van der Waals surface area contributed by atoms with Crippen LogP contribution in [-0.2, 0) is 6.42 Å². The van der Waals surface area contributed by atoms with E-state index < -0.39 is 0 Å². The van der Waals surface area contributed by atoms with Crippen LogP contribution in [0, 0.1) is 0 Å². The fourth-order valence-corrected chi connectivity index (χ4v) is 1.86. The van der Waals surface area contributed by atoms with Crippen molar-refractivity contribution in [3.63, 3.8) is 0 Å². The average Bonchev–Trinajstić information content (AvgIpc) is 2.77. The molecule has 2 N–H and O–H groups in total. The summed E-state index contributed by atoms with van der Waals surface area (Å²) in [6.45, 7) is 4.38. The number of nitrogens with zero attached hydrogens (tertiary/aromatic N) is 1. The van der Waals surface area contributed by atoms with E-state index in [4.69, 9.17) is 0 Å². The molecule has 3 heteroatoms. The number of aromatic nitrogens is 2. The SMILES string of the molecule is CNC(C)(C)Cc1cn[nH]c1-c1ccccc1. The van der Waals surface area contributed by atoms with E-state index in [0.29, 0.717) is 0 Å². The van der Waals surface area contributed by atoms with E-state index in [9.17, 15) is 0 Å². The molecule has 1 aromatic heterocycles. The summed E-state index contributed by atoms with van der Waals surface area (Å²) in [6, 6.07) is 10.3. The van der Waals surface area contributed by atoms with E-state index in [1.165, 1.54) is 11.1 Å². The van der Waals surface area contributed by atoms with Crippen LogP contribution in [0.2, 0.25) is 0 Å². The number of nitrogens with one attached hydrogen (secondary N) is 2. The Hall–Kier alpha value is -1.61. The molecule has 0 unspecified atom stereocenters. The quantitative estimate of drug-likeness (QED) is 0.846. The lowest BCUT2D eigenvalue weighted by Crippen LogP contribution is -2.38. The maximum absolute atomic E-state index is 4.16. The van der Waals surface area contributed by atoms with Crippen molar-refractivity contribution >= 4 is 0 Å². The largest absolute Gasteiger partial charge is 0.314 e. The zero-order valence-electron chi connectivity index (χ0n) is 10.6. The van der Waals surface area contributed by atoms with Crippen molar-refractivity contribution in [2.45, 2.75) is 25.8 Å². The van der Waals surface area contributed by atoms with Gasteiger partial charge in [-0.2, -0.15) is 5.10 Å². The summed E-state index contributed by atoms with van der Waals surface area (Å²) in [5, 5.41) is 10.6. The highest BCUT2D eigenvalue weighted by molar-refractivity contribution is 5.62. The Balaban J connectivity index is 2.30. The second kappa shape index (κ2) is 4.72. The number of hydrogen-bond acceptors (Lipinski definition) is 2. The molecule has 0 aliphatic rings. The molecule has 0 amide bonds. The van der Waals surface area contributed by atoms with Crippen molar-refractivity contribution in [2.24, 2.45) is 0 Å². The minimum atomic E-state index is 0.0768. The maximum Gasteiger partial charge on any atom is 0.0682 e. The highest BCUT2D eigenvalue weighted by Gasteiger charge is 2.19. The molecule has 0 fully saturated rings. The third kappa shape index (κ3) is 2.74. The number of rotatable bonds is 4. The maximum atomic E-state index is 4.16. The number of hydrogen-bond donors (Lipinski definition) is 2. The number of benzene rings is 1. The summed E-state index contributed by atoms with van der Waals surface area (Å²) >= 11 is 0. The van der Waals surface area contributed by atoms with Crippen LogP contribution in [0.1, 0.15) is 19.4 Å². The minimum Gasteiger partial charge on any atom is -0.314 e. The molecule has 17 heavy (non-hydrogen) atoms. The number of aromatic amines is 1. The van der Waals surface area contributed by atoms with Gasteiger partial charge in [0.05, 0.1) is 11.9 Å². The van der Waals surface area contributed by atoms with Crippen LogP contribution in [0.15, 0.2) is 36.5 Å². The topological polar surface area (TPSA) is 40.7 Å². The van der Waals surface area contributed by atoms with E-state index in [1.807, 2.05) is 31.4 Å². The summed E-state index contributed by atoms with van der Waals surface area (Å²) in [6.07, 6.45) is 2.87. The van der Waals surface area contributed by atoms with Crippen LogP contribution >= 0.6 is 0 Å². The Labute approximate surface area is 102 Å². The zero-order chi connectivity index (χ0) is 12.3. The van der Waals surface area contributed by atoms with Gasteiger partial charge >= 0.3 is 0 Å². The van der Waals surface area contributed by atoms with E-state index >= 15 is 0 Å². The van der Waals surface area contributed by atoms with Crippen LogP contribution in [0.25, 0.3) is 11.3 Å². The molecule has 0 radical (unpaired) electrons. The van der Waals surface area contributed by atoms with E-state index in [1.54, 1.807) is 0 Å². The first kappa shape index (κ1) is 11.9. The molecule has 0 spiro atoms. The molecule has 1 aromatic carbocycles. The van der Waals surface area contributed by atoms with Crippen molar-refractivity contribution in [3.05, 3.63) is 42.1 Å². The van der Waals surface area contributed by atoms with Crippen LogP contribution in [-0.4, -0.2) is 22.8 Å². The Morgan fingerprint density at radius 2 is 1.94 bits per heavy atom. The minimum absolute atomic E-state index is 0.0768. The summed E-state index contributed by atoms with van der Waals surface area (Å²) in [5.41, 5.74) is 3.63. The first-order valence-corrected chi connectivity index (χ1v) is 5.89. The molecule has 3 nitrogen and oxygen atoms in total. The van der Waals surface area contributed by atoms with E-state index in [2.05, 4.69) is 41.5 Å². The van der Waals surface area contributed by atoms with E-state index in [0.717, 1.165) is 12.1 Å². The third-order valence-electron chi connectivity index (χ3n) is 3.09. The van der Waals surface area contributed by atoms with Crippen molar-refractivity contribution in [2.75, 3.05) is 7.05 Å². The first-order chi connectivity index (χ1) is 8.12. The summed E-state index contributed by atoms with van der Waals surface area (Å²) < 4.78 is 0. The first-order valence-electron chi connectivity index (χ1n) is 5.89. The highest BCUT2D eigenvalue weighted by Crippen LogP contribution is 2.23. The van der Waals surface area contributed by atoms with Gasteiger partial charge in [0, 0.05) is 5.54 Å². The molecule has 0 saturated carbocycles. The van der Waals surface area contributed by atoms with Gasteiger partial charge in [-0.3, -0.25) is 5.10 Å². The van der Waals surface area contributed by atoms with Gasteiger partial charge in [0.2, 0.25) is 0 Å². The summed E-state index contributed by atoms with van der Waals surface area (Å²) in [4.78, 5) is 0. The van der Waals surface area contributed by atoms with Crippen molar-refractivity contribution in [1.82, 2.24) is 15.5 Å². The van der Waals surface area contributed by atoms with Gasteiger partial charge in [-0.25, -0.2) is 0 Å². The lowest BCUT2D eigenvalue weighted by Gasteiger charge is -2.23. The number of likely N-dealkylation sites (N-methyl/N-ethyl adjacent to an activating group) is 1. The monoisotopic (exact) mass is 229 g/mol. The zero-order valence-corrected chi connectivity index (χ0v) is 10.6. The molecule has 0 saturated heterocycles. The average molecular weight is 229 g/mol. The van der Waals surface area contributed by atoms with Gasteiger partial charge < -0.3 is 5.32 Å². The fraction of sp³-hybridized carbons (Fsp3) is 0.357. The van der Waals surface area contributed by atoms with Crippen molar-refractivity contribution in [3.8, 4) is 11.3 Å². The number of H-pyrrole nitrogens is 1. The molecular weight excluding hydrogens is 210 g/mol. The Morgan fingerprint density at radius 1 is 1.24 bits per heavy atom. The molecule has 0 aliphatic heterocycles. The Kier molecular flexibility index (Phi) is 3.29. The Bertz CT molecular complexity index is 471. The second-order valence-electron chi connectivity index (χ2n) is 4.95. The standard InChI is InChI=1S/C14H19N3/c1-14(2,15-3)9-12-10-16-17-13(12)11-7-5-4-6-8-11/h4-8,10,15H,9H2,1-3H3,(H,16,17). The molecule has 90 valence electrons. The summed E-state index contributed by atoms with van der Waals surface area (Å²) in [7, 11) is 1.99. The molecule has 0 bridgehead atoms. The predicted molar refractivity (Wildman–Crippen MR) is 70.9 cm³/mol. The fourth-order valence-electron chi connectivity index (χ4n) is 1.86. The molecule has 0 aliphatic carbocycles.